The summed E-state index contributed by atoms with van der Waals surface area (Å²) < 4.78 is 4.97. The van der Waals surface area contributed by atoms with Crippen molar-refractivity contribution in [1.29, 1.82) is 0 Å². The Morgan fingerprint density at radius 1 is 1.14 bits per heavy atom. The number of thioether (sulfide) groups is 1. The Morgan fingerprint density at radius 3 is 2.38 bits per heavy atom. The lowest BCUT2D eigenvalue weighted by molar-refractivity contribution is -0.137. The number of esters is 1. The van der Waals surface area contributed by atoms with Crippen LogP contribution >= 0.6 is 11.8 Å². The van der Waals surface area contributed by atoms with Crippen LogP contribution in [0, 0.1) is 5.92 Å². The Labute approximate surface area is 176 Å². The predicted octanol–water partition coefficient (Wildman–Crippen LogP) is 3.42. The van der Waals surface area contributed by atoms with Crippen LogP contribution in [0.2, 0.25) is 0 Å². The van der Waals surface area contributed by atoms with Gasteiger partial charge in [0.2, 0.25) is 5.91 Å². The van der Waals surface area contributed by atoms with E-state index in [0.29, 0.717) is 30.9 Å². The molecule has 0 bridgehead atoms. The van der Waals surface area contributed by atoms with E-state index in [1.165, 1.54) is 0 Å². The van der Waals surface area contributed by atoms with Crippen LogP contribution in [0.4, 0.5) is 10.5 Å². The summed E-state index contributed by atoms with van der Waals surface area (Å²) >= 11 is 1.85. The van der Waals surface area contributed by atoms with Gasteiger partial charge in [0.05, 0.1) is 17.0 Å². The number of likely N-dealkylation sites (tertiary alicyclic amines) is 1. The molecule has 1 N–H and O–H groups in total. The monoisotopic (exact) mass is 419 g/mol. The van der Waals surface area contributed by atoms with Crippen LogP contribution < -0.4 is 5.32 Å². The third kappa shape index (κ3) is 4.69. The number of carbonyl (C=O) groups is 3. The van der Waals surface area contributed by atoms with Gasteiger partial charge in [-0.2, -0.15) is 0 Å². The van der Waals surface area contributed by atoms with Gasteiger partial charge in [0.1, 0.15) is 0 Å². The standard InChI is InChI=1S/C21H29N3O4S/c1-4-28-19(26)16-5-7-17(8-6-16)22-20(27)23-11-9-21(10-12-23)24(13-14-29-21)18(25)15(2)3/h5-8,15H,4,9-14H2,1-3H3,(H,22,27). The number of amides is 3. The highest BCUT2D eigenvalue weighted by molar-refractivity contribution is 8.00. The fraction of sp³-hybridized carbons (Fsp3) is 0.571. The van der Waals surface area contributed by atoms with Crippen molar-refractivity contribution in [1.82, 2.24) is 9.80 Å². The van der Waals surface area contributed by atoms with Crippen molar-refractivity contribution >= 4 is 35.4 Å². The van der Waals surface area contributed by atoms with Crippen molar-refractivity contribution in [2.45, 2.75) is 38.5 Å². The van der Waals surface area contributed by atoms with Crippen LogP contribution in [0.25, 0.3) is 0 Å². The second-order valence-electron chi connectivity index (χ2n) is 7.65. The van der Waals surface area contributed by atoms with E-state index < -0.39 is 0 Å². The van der Waals surface area contributed by atoms with E-state index in [4.69, 9.17) is 4.74 Å². The number of nitrogens with zero attached hydrogens (tertiary/aromatic N) is 2. The number of hydrogen-bond donors (Lipinski definition) is 1. The quantitative estimate of drug-likeness (QED) is 0.757. The number of urea groups is 1. The minimum absolute atomic E-state index is 0.00974. The molecule has 0 atom stereocenters. The highest BCUT2D eigenvalue weighted by Gasteiger charge is 2.47. The highest BCUT2D eigenvalue weighted by atomic mass is 32.2. The van der Waals surface area contributed by atoms with E-state index in [0.717, 1.165) is 25.1 Å². The molecular weight excluding hydrogens is 390 g/mol. The van der Waals surface area contributed by atoms with Crippen LogP contribution in [-0.2, 0) is 9.53 Å². The first-order valence-electron chi connectivity index (χ1n) is 10.1. The van der Waals surface area contributed by atoms with Crippen LogP contribution in [0.1, 0.15) is 44.0 Å². The van der Waals surface area contributed by atoms with Gasteiger partial charge in [-0.15, -0.1) is 11.8 Å². The molecule has 0 aromatic heterocycles. The van der Waals surface area contributed by atoms with E-state index in [9.17, 15) is 14.4 Å². The molecule has 1 aromatic rings. The molecule has 0 radical (unpaired) electrons. The maximum absolute atomic E-state index is 12.7. The summed E-state index contributed by atoms with van der Waals surface area (Å²) in [7, 11) is 0. The summed E-state index contributed by atoms with van der Waals surface area (Å²) in [6, 6.07) is 6.53. The predicted molar refractivity (Wildman–Crippen MR) is 114 cm³/mol. The topological polar surface area (TPSA) is 79.0 Å². The lowest BCUT2D eigenvalue weighted by Crippen LogP contribution is -2.55. The van der Waals surface area contributed by atoms with Crippen molar-refractivity contribution in [2.24, 2.45) is 5.92 Å². The van der Waals surface area contributed by atoms with Crippen molar-refractivity contribution in [3.05, 3.63) is 29.8 Å². The number of piperidine rings is 1. The molecule has 3 rings (SSSR count). The molecule has 0 aliphatic carbocycles. The van der Waals surface area contributed by atoms with Gasteiger partial charge in [-0.25, -0.2) is 9.59 Å². The Morgan fingerprint density at radius 2 is 1.79 bits per heavy atom. The maximum atomic E-state index is 12.7. The first-order chi connectivity index (χ1) is 13.9. The van der Waals surface area contributed by atoms with Gasteiger partial charge in [0, 0.05) is 37.0 Å². The van der Waals surface area contributed by atoms with Crippen LogP contribution in [0.15, 0.2) is 24.3 Å². The fourth-order valence-corrected chi connectivity index (χ4v) is 5.27. The van der Waals surface area contributed by atoms with Crippen molar-refractivity contribution in [3.8, 4) is 0 Å². The second kappa shape index (κ2) is 9.07. The molecule has 2 fully saturated rings. The normalized spacial score (nSPS) is 18.2. The number of hydrogen-bond acceptors (Lipinski definition) is 5. The molecule has 0 unspecified atom stereocenters. The van der Waals surface area contributed by atoms with Crippen molar-refractivity contribution in [2.75, 3.05) is 37.3 Å². The first kappa shape index (κ1) is 21.5. The van der Waals surface area contributed by atoms with Gasteiger partial charge in [-0.05, 0) is 44.0 Å². The SMILES string of the molecule is CCOC(=O)c1ccc(NC(=O)N2CCC3(CC2)SCCN3C(=O)C(C)C)cc1. The van der Waals surface area contributed by atoms with Crippen LogP contribution in [-0.4, -0.2) is 64.6 Å². The number of rotatable bonds is 4. The zero-order valence-electron chi connectivity index (χ0n) is 17.3. The van der Waals surface area contributed by atoms with Gasteiger partial charge >= 0.3 is 12.0 Å². The molecular formula is C21H29N3O4S. The summed E-state index contributed by atoms with van der Waals surface area (Å²) in [5, 5.41) is 2.89. The first-order valence-corrected chi connectivity index (χ1v) is 11.1. The van der Waals surface area contributed by atoms with Gasteiger partial charge in [0.15, 0.2) is 0 Å². The molecule has 2 heterocycles. The van der Waals surface area contributed by atoms with Gasteiger partial charge < -0.3 is 19.9 Å². The highest BCUT2D eigenvalue weighted by Crippen LogP contribution is 2.44. The molecule has 2 saturated heterocycles. The zero-order valence-corrected chi connectivity index (χ0v) is 18.1. The number of ether oxygens (including phenoxy) is 1. The average molecular weight is 420 g/mol. The molecule has 7 nitrogen and oxygen atoms in total. The molecule has 1 aromatic carbocycles. The van der Waals surface area contributed by atoms with Gasteiger partial charge in [0.25, 0.3) is 0 Å². The third-order valence-corrected chi connectivity index (χ3v) is 6.97. The van der Waals surface area contributed by atoms with Crippen LogP contribution in [0.5, 0.6) is 0 Å². The zero-order chi connectivity index (χ0) is 21.0. The molecule has 0 saturated carbocycles. The molecule has 1 spiro atoms. The smallest absolute Gasteiger partial charge is 0.338 e. The Balaban J connectivity index is 1.56. The molecule has 2 aliphatic rings. The average Bonchev–Trinajstić information content (AvgIpc) is 3.11. The fourth-order valence-electron chi connectivity index (χ4n) is 3.81. The van der Waals surface area contributed by atoms with E-state index in [1.54, 1.807) is 36.1 Å². The molecule has 3 amide bonds. The number of benzene rings is 1. The summed E-state index contributed by atoms with van der Waals surface area (Å²) in [6.45, 7) is 7.98. The number of anilines is 1. The molecule has 2 aliphatic heterocycles. The number of nitrogens with one attached hydrogen (secondary N) is 1. The van der Waals surface area contributed by atoms with Crippen molar-refractivity contribution < 1.29 is 19.1 Å². The van der Waals surface area contributed by atoms with E-state index in [1.807, 2.05) is 30.5 Å². The lowest BCUT2D eigenvalue weighted by atomic mass is 10.0. The Kier molecular flexibility index (Phi) is 6.72. The largest absolute Gasteiger partial charge is 0.462 e. The minimum Gasteiger partial charge on any atom is -0.462 e. The van der Waals surface area contributed by atoms with Gasteiger partial charge in [-0.1, -0.05) is 13.8 Å². The summed E-state index contributed by atoms with van der Waals surface area (Å²) in [4.78, 5) is 40.6. The van der Waals surface area contributed by atoms with E-state index in [2.05, 4.69) is 5.32 Å². The van der Waals surface area contributed by atoms with Crippen molar-refractivity contribution in [3.63, 3.8) is 0 Å². The molecule has 29 heavy (non-hydrogen) atoms. The second-order valence-corrected chi connectivity index (χ2v) is 9.11. The Hall–Kier alpha value is -2.22. The summed E-state index contributed by atoms with van der Waals surface area (Å²) in [5.74, 6) is 0.776. The maximum Gasteiger partial charge on any atom is 0.338 e. The van der Waals surface area contributed by atoms with E-state index in [-0.39, 0.29) is 28.7 Å². The van der Waals surface area contributed by atoms with Gasteiger partial charge in [-0.3, -0.25) is 4.79 Å². The lowest BCUT2D eigenvalue weighted by Gasteiger charge is -2.44. The molecule has 158 valence electrons. The number of carbonyl (C=O) groups excluding carboxylic acids is 3. The Bertz CT molecular complexity index is 758. The van der Waals surface area contributed by atoms with Crippen LogP contribution in [0.3, 0.4) is 0 Å². The third-order valence-electron chi connectivity index (χ3n) is 5.42. The molecule has 8 heteroatoms. The van der Waals surface area contributed by atoms with E-state index >= 15 is 0 Å². The summed E-state index contributed by atoms with van der Waals surface area (Å²) in [6.07, 6.45) is 1.57. The summed E-state index contributed by atoms with van der Waals surface area (Å²) in [5.41, 5.74) is 1.09. The minimum atomic E-state index is -0.374.